The van der Waals surface area contributed by atoms with Gasteiger partial charge in [0.05, 0.1) is 0 Å². The van der Waals surface area contributed by atoms with E-state index in [1.54, 1.807) is 6.07 Å². The maximum absolute atomic E-state index is 12.8. The molecule has 2 aliphatic heterocycles. The number of hydrogen-bond donors (Lipinski definition) is 1. The van der Waals surface area contributed by atoms with E-state index in [4.69, 9.17) is 4.74 Å². The highest BCUT2D eigenvalue weighted by Crippen LogP contribution is 2.35. The number of hydrogen-bond acceptors (Lipinski definition) is 4. The maximum atomic E-state index is 12.8. The Bertz CT molecular complexity index is 672. The lowest BCUT2D eigenvalue weighted by atomic mass is 9.78. The van der Waals surface area contributed by atoms with Gasteiger partial charge in [-0.3, -0.25) is 4.79 Å². The molecule has 1 unspecified atom stereocenters. The van der Waals surface area contributed by atoms with Crippen LogP contribution in [0.25, 0.3) is 0 Å². The molecule has 3 rings (SSSR count). The van der Waals surface area contributed by atoms with Gasteiger partial charge >= 0.3 is 5.97 Å². The number of aromatic nitrogens is 1. The van der Waals surface area contributed by atoms with Gasteiger partial charge in [0.15, 0.2) is 0 Å². The molecule has 3 atom stereocenters. The summed E-state index contributed by atoms with van der Waals surface area (Å²) in [5.74, 6) is 0.286. The first kappa shape index (κ1) is 16.2. The highest BCUT2D eigenvalue weighted by molar-refractivity contribution is 5.89. The van der Waals surface area contributed by atoms with E-state index in [1.807, 2.05) is 31.4 Å². The molecule has 126 valence electrons. The summed E-state index contributed by atoms with van der Waals surface area (Å²) < 4.78 is 7.17. The minimum Gasteiger partial charge on any atom is -0.456 e. The van der Waals surface area contributed by atoms with Crippen molar-refractivity contribution < 1.29 is 9.53 Å². The maximum Gasteiger partial charge on any atom is 0.344 e. The molecule has 1 aromatic rings. The second-order valence-electron chi connectivity index (χ2n) is 7.71. The van der Waals surface area contributed by atoms with Crippen LogP contribution in [0.3, 0.4) is 0 Å². The zero-order chi connectivity index (χ0) is 16.8. The Kier molecular flexibility index (Phi) is 4.08. The quantitative estimate of drug-likeness (QED) is 0.850. The number of nitrogens with zero attached hydrogens (tertiary/aromatic N) is 1. The van der Waals surface area contributed by atoms with Crippen LogP contribution < -0.4 is 10.9 Å². The number of pyridine rings is 1. The predicted molar refractivity (Wildman–Crippen MR) is 88.8 cm³/mol. The minimum absolute atomic E-state index is 0.143. The van der Waals surface area contributed by atoms with Gasteiger partial charge < -0.3 is 14.6 Å². The zero-order valence-corrected chi connectivity index (χ0v) is 14.4. The van der Waals surface area contributed by atoms with Gasteiger partial charge in [-0.05, 0) is 51.7 Å². The van der Waals surface area contributed by atoms with E-state index >= 15 is 0 Å². The first-order valence-corrected chi connectivity index (χ1v) is 8.50. The molecule has 0 amide bonds. The molecule has 0 aromatic carbocycles. The van der Waals surface area contributed by atoms with E-state index in [2.05, 4.69) is 12.2 Å². The number of nitrogens with one attached hydrogen (secondary N) is 1. The largest absolute Gasteiger partial charge is 0.456 e. The summed E-state index contributed by atoms with van der Waals surface area (Å²) in [6, 6.07) is 4.01. The van der Waals surface area contributed by atoms with Crippen LogP contribution in [0.4, 0.5) is 0 Å². The van der Waals surface area contributed by atoms with Crippen LogP contribution in [-0.4, -0.2) is 28.7 Å². The fourth-order valence-corrected chi connectivity index (χ4v) is 3.84. The number of piperidine rings is 1. The van der Waals surface area contributed by atoms with Crippen molar-refractivity contribution >= 4 is 5.97 Å². The molecule has 1 fully saturated rings. The fourth-order valence-electron chi connectivity index (χ4n) is 3.84. The van der Waals surface area contributed by atoms with Gasteiger partial charge in [0.1, 0.15) is 11.2 Å². The smallest absolute Gasteiger partial charge is 0.344 e. The third-order valence-electron chi connectivity index (χ3n) is 4.88. The van der Waals surface area contributed by atoms with Gasteiger partial charge in [0.2, 0.25) is 0 Å². The van der Waals surface area contributed by atoms with Crippen LogP contribution in [0.15, 0.2) is 16.9 Å². The molecule has 5 heteroatoms. The summed E-state index contributed by atoms with van der Waals surface area (Å²) in [5, 5.41) is 3.59. The van der Waals surface area contributed by atoms with Crippen molar-refractivity contribution in [1.29, 1.82) is 0 Å². The molecule has 1 saturated heterocycles. The Morgan fingerprint density at radius 1 is 1.39 bits per heavy atom. The van der Waals surface area contributed by atoms with E-state index < -0.39 is 11.6 Å². The van der Waals surface area contributed by atoms with Crippen LogP contribution in [0.2, 0.25) is 0 Å². The van der Waals surface area contributed by atoms with Crippen LogP contribution in [0, 0.1) is 5.92 Å². The highest BCUT2D eigenvalue weighted by Gasteiger charge is 2.36. The average Bonchev–Trinajstić information content (AvgIpc) is 2.47. The summed E-state index contributed by atoms with van der Waals surface area (Å²) in [4.78, 5) is 25.1. The molecule has 0 spiro atoms. The first-order chi connectivity index (χ1) is 10.8. The molecular formula is C18H26N2O3. The highest BCUT2D eigenvalue weighted by atomic mass is 16.6. The number of ether oxygens (including phenoxy) is 1. The Balaban J connectivity index is 1.96. The average molecular weight is 318 g/mol. The molecule has 0 aliphatic carbocycles. The van der Waals surface area contributed by atoms with E-state index in [0.29, 0.717) is 24.4 Å². The predicted octanol–water partition coefficient (Wildman–Crippen LogP) is 2.29. The molecule has 3 heterocycles. The van der Waals surface area contributed by atoms with E-state index in [0.717, 1.165) is 25.1 Å². The summed E-state index contributed by atoms with van der Waals surface area (Å²) in [7, 11) is 0. The Morgan fingerprint density at radius 2 is 2.13 bits per heavy atom. The standard InChI is InChI=1S/C18H26N2O3/c1-5-14-12-8-11(9-19-14)15-7-6-13(16(21)20(15)10-12)17(22)23-18(2,3)4/h6-7,11-12,14,19H,5,8-10H2,1-4H3/t11-,12-,14?/m1/s1. The molecule has 23 heavy (non-hydrogen) atoms. The van der Waals surface area contributed by atoms with Crippen molar-refractivity contribution in [2.24, 2.45) is 5.92 Å². The number of rotatable bonds is 2. The second kappa shape index (κ2) is 5.78. The van der Waals surface area contributed by atoms with E-state index in [1.165, 1.54) is 0 Å². The molecule has 0 saturated carbocycles. The Hall–Kier alpha value is -1.62. The van der Waals surface area contributed by atoms with Crippen LogP contribution in [0.1, 0.15) is 62.5 Å². The van der Waals surface area contributed by atoms with Crippen LogP contribution in [0.5, 0.6) is 0 Å². The number of fused-ring (bicyclic) bond motifs is 4. The Morgan fingerprint density at radius 3 is 2.78 bits per heavy atom. The second-order valence-corrected chi connectivity index (χ2v) is 7.71. The zero-order valence-electron chi connectivity index (χ0n) is 14.4. The molecule has 1 N–H and O–H groups in total. The van der Waals surface area contributed by atoms with Gasteiger partial charge in [0.25, 0.3) is 5.56 Å². The number of carbonyl (C=O) groups excluding carboxylic acids is 1. The summed E-state index contributed by atoms with van der Waals surface area (Å²) in [6.07, 6.45) is 2.18. The fraction of sp³-hybridized carbons (Fsp3) is 0.667. The van der Waals surface area contributed by atoms with E-state index in [-0.39, 0.29) is 11.1 Å². The lowest BCUT2D eigenvalue weighted by molar-refractivity contribution is 0.00662. The van der Waals surface area contributed by atoms with Crippen molar-refractivity contribution in [2.45, 2.75) is 64.6 Å². The normalized spacial score (nSPS) is 26.5. The third-order valence-corrected chi connectivity index (χ3v) is 4.88. The van der Waals surface area contributed by atoms with Gasteiger partial charge in [-0.1, -0.05) is 6.92 Å². The summed E-state index contributed by atoms with van der Waals surface area (Å²) >= 11 is 0. The molecule has 5 nitrogen and oxygen atoms in total. The van der Waals surface area contributed by atoms with Crippen LogP contribution >= 0.6 is 0 Å². The first-order valence-electron chi connectivity index (χ1n) is 8.50. The van der Waals surface area contributed by atoms with Crippen molar-refractivity contribution in [3.8, 4) is 0 Å². The topological polar surface area (TPSA) is 60.3 Å². The SMILES string of the molecule is CCC1NC[C@H]2C[C@@H]1Cn1c2ccc(C(=O)OC(C)(C)C)c1=O. The van der Waals surface area contributed by atoms with Crippen molar-refractivity contribution in [2.75, 3.05) is 6.54 Å². The molecular weight excluding hydrogens is 292 g/mol. The van der Waals surface area contributed by atoms with Gasteiger partial charge in [-0.25, -0.2) is 4.79 Å². The van der Waals surface area contributed by atoms with Gasteiger partial charge in [0, 0.05) is 30.7 Å². The molecule has 1 aromatic heterocycles. The van der Waals surface area contributed by atoms with E-state index in [9.17, 15) is 9.59 Å². The Labute approximate surface area is 137 Å². The molecule has 2 aliphatic rings. The minimum atomic E-state index is -0.599. The lowest BCUT2D eigenvalue weighted by Gasteiger charge is -2.42. The summed E-state index contributed by atoms with van der Waals surface area (Å²) in [5.41, 5.74) is 0.381. The summed E-state index contributed by atoms with van der Waals surface area (Å²) in [6.45, 7) is 9.19. The van der Waals surface area contributed by atoms with Crippen molar-refractivity contribution in [1.82, 2.24) is 9.88 Å². The van der Waals surface area contributed by atoms with Gasteiger partial charge in [-0.2, -0.15) is 0 Å². The molecule has 0 radical (unpaired) electrons. The number of esters is 1. The van der Waals surface area contributed by atoms with Gasteiger partial charge in [-0.15, -0.1) is 0 Å². The van der Waals surface area contributed by atoms with Crippen molar-refractivity contribution in [3.05, 3.63) is 33.7 Å². The third kappa shape index (κ3) is 3.07. The number of carbonyl (C=O) groups is 1. The van der Waals surface area contributed by atoms with Crippen LogP contribution in [-0.2, 0) is 11.3 Å². The lowest BCUT2D eigenvalue weighted by Crippen LogP contribution is -2.51. The molecule has 2 bridgehead atoms. The monoisotopic (exact) mass is 318 g/mol. The van der Waals surface area contributed by atoms with Crippen molar-refractivity contribution in [3.63, 3.8) is 0 Å².